The Morgan fingerprint density at radius 2 is 1.71 bits per heavy atom. The summed E-state index contributed by atoms with van der Waals surface area (Å²) >= 11 is 0. The van der Waals surface area contributed by atoms with E-state index in [1.165, 1.54) is 17.7 Å². The Labute approximate surface area is 202 Å². The fourth-order valence-electron chi connectivity index (χ4n) is 4.29. The molecule has 5 rings (SSSR count). The maximum atomic E-state index is 11.0. The van der Waals surface area contributed by atoms with E-state index in [9.17, 15) is 10.1 Å². The van der Waals surface area contributed by atoms with Crippen molar-refractivity contribution < 1.29 is 9.66 Å². The van der Waals surface area contributed by atoms with Crippen LogP contribution in [0.3, 0.4) is 0 Å². The number of hydrogen-bond donors (Lipinski definition) is 0. The largest absolute Gasteiger partial charge is 0.378 e. The lowest BCUT2D eigenvalue weighted by molar-refractivity contribution is -0.384. The predicted molar refractivity (Wildman–Crippen MR) is 135 cm³/mol. The molecule has 9 heteroatoms. The molecule has 0 atom stereocenters. The molecular weight excluding hydrogens is 444 g/mol. The zero-order valence-corrected chi connectivity index (χ0v) is 19.1. The highest BCUT2D eigenvalue weighted by Crippen LogP contribution is 2.35. The average molecular weight is 469 g/mol. The number of morpholine rings is 1. The zero-order valence-electron chi connectivity index (χ0n) is 19.1. The summed E-state index contributed by atoms with van der Waals surface area (Å²) in [6, 6.07) is 14.3. The van der Waals surface area contributed by atoms with Gasteiger partial charge < -0.3 is 9.64 Å². The van der Waals surface area contributed by atoms with Crippen LogP contribution in [-0.4, -0.2) is 58.5 Å². The minimum atomic E-state index is -0.385. The number of nitro benzene ring substituents is 1. The van der Waals surface area contributed by atoms with Gasteiger partial charge in [0.15, 0.2) is 0 Å². The summed E-state index contributed by atoms with van der Waals surface area (Å²) < 4.78 is 5.54. The first-order chi connectivity index (χ1) is 17.2. The molecule has 0 amide bonds. The molecule has 35 heavy (non-hydrogen) atoms. The number of aromatic nitrogens is 2. The summed E-state index contributed by atoms with van der Waals surface area (Å²) in [7, 11) is 0. The molecule has 0 unspecified atom stereocenters. The van der Waals surface area contributed by atoms with E-state index in [0.29, 0.717) is 18.9 Å². The number of non-ortho nitro benzene ring substituents is 1. The molecule has 0 N–H and O–H groups in total. The minimum Gasteiger partial charge on any atom is -0.378 e. The van der Waals surface area contributed by atoms with E-state index in [0.717, 1.165) is 53.8 Å². The van der Waals surface area contributed by atoms with Crippen LogP contribution in [0, 0.1) is 10.1 Å². The SMILES string of the molecule is O=[N+]([O-])c1ccc(/C=C2\CCC(/C=N/N=C/c3cnc4ccccc4n3)=C2N2CCOCC2)cc1. The van der Waals surface area contributed by atoms with Crippen LogP contribution >= 0.6 is 0 Å². The molecule has 3 aromatic rings. The van der Waals surface area contributed by atoms with Gasteiger partial charge in [-0.15, -0.1) is 0 Å². The standard InChI is InChI=1S/C26H24N6O3/c33-32(34)23-9-5-19(6-10-23)15-20-7-8-21(26(20)31-11-13-35-14-12-31)16-28-29-18-22-17-27-24-3-1-2-4-25(24)30-22/h1-6,9-10,15-18H,7-8,11-14H2/b20-15+,28-16+,29-18+. The molecule has 0 radical (unpaired) electrons. The Hall–Kier alpha value is -4.24. The molecule has 0 spiro atoms. The van der Waals surface area contributed by atoms with Crippen LogP contribution in [0.15, 0.2) is 81.8 Å². The maximum Gasteiger partial charge on any atom is 0.269 e. The number of rotatable bonds is 6. The zero-order chi connectivity index (χ0) is 24.0. The highest BCUT2D eigenvalue weighted by atomic mass is 16.6. The normalized spacial score (nSPS) is 17.9. The van der Waals surface area contributed by atoms with Gasteiger partial charge in [0.05, 0.1) is 47.8 Å². The number of ether oxygens (including phenoxy) is 1. The number of benzene rings is 2. The van der Waals surface area contributed by atoms with Crippen molar-refractivity contribution >= 4 is 35.2 Å². The topological polar surface area (TPSA) is 106 Å². The molecule has 2 heterocycles. The van der Waals surface area contributed by atoms with Crippen molar-refractivity contribution in [1.82, 2.24) is 14.9 Å². The average Bonchev–Trinajstić information content (AvgIpc) is 3.29. The Morgan fingerprint density at radius 1 is 0.971 bits per heavy atom. The fraction of sp³-hybridized carbons (Fsp3) is 0.231. The van der Waals surface area contributed by atoms with Crippen LogP contribution in [0.5, 0.6) is 0 Å². The lowest BCUT2D eigenvalue weighted by Crippen LogP contribution is -2.36. The second-order valence-electron chi connectivity index (χ2n) is 8.26. The van der Waals surface area contributed by atoms with Gasteiger partial charge in [0.2, 0.25) is 0 Å². The molecule has 0 saturated carbocycles. The lowest BCUT2D eigenvalue weighted by Gasteiger charge is -2.31. The summed E-state index contributed by atoms with van der Waals surface area (Å²) in [6.45, 7) is 2.97. The van der Waals surface area contributed by atoms with Crippen LogP contribution in [0.1, 0.15) is 24.1 Å². The van der Waals surface area contributed by atoms with E-state index >= 15 is 0 Å². The molecular formula is C26H24N6O3. The quantitative estimate of drug-likeness (QED) is 0.301. The third kappa shape index (κ3) is 5.30. The van der Waals surface area contributed by atoms with Crippen molar-refractivity contribution in [2.75, 3.05) is 26.3 Å². The van der Waals surface area contributed by atoms with Crippen LogP contribution in [0.25, 0.3) is 17.1 Å². The van der Waals surface area contributed by atoms with E-state index in [2.05, 4.69) is 31.1 Å². The minimum absolute atomic E-state index is 0.0873. The van der Waals surface area contributed by atoms with Crippen LogP contribution in [-0.2, 0) is 4.74 Å². The monoisotopic (exact) mass is 468 g/mol. The molecule has 2 aromatic carbocycles. The van der Waals surface area contributed by atoms with Gasteiger partial charge in [0.25, 0.3) is 5.69 Å². The Bertz CT molecular complexity index is 1360. The first-order valence-electron chi connectivity index (χ1n) is 11.5. The molecule has 1 aromatic heterocycles. The summed E-state index contributed by atoms with van der Waals surface area (Å²) in [5.74, 6) is 0. The van der Waals surface area contributed by atoms with Crippen molar-refractivity contribution in [3.8, 4) is 0 Å². The number of para-hydroxylation sites is 2. The van der Waals surface area contributed by atoms with E-state index in [1.54, 1.807) is 24.5 Å². The van der Waals surface area contributed by atoms with E-state index < -0.39 is 0 Å². The van der Waals surface area contributed by atoms with Crippen molar-refractivity contribution in [3.05, 3.63) is 92.9 Å². The number of hydrogen-bond acceptors (Lipinski definition) is 8. The smallest absolute Gasteiger partial charge is 0.269 e. The van der Waals surface area contributed by atoms with Crippen molar-refractivity contribution in [2.24, 2.45) is 10.2 Å². The van der Waals surface area contributed by atoms with Crippen molar-refractivity contribution in [1.29, 1.82) is 0 Å². The van der Waals surface area contributed by atoms with Crippen molar-refractivity contribution in [2.45, 2.75) is 12.8 Å². The van der Waals surface area contributed by atoms with Crippen LogP contribution in [0.2, 0.25) is 0 Å². The second-order valence-corrected chi connectivity index (χ2v) is 8.26. The molecule has 1 fully saturated rings. The molecule has 176 valence electrons. The predicted octanol–water partition coefficient (Wildman–Crippen LogP) is 4.41. The molecule has 1 saturated heterocycles. The first kappa shape index (κ1) is 22.5. The second kappa shape index (κ2) is 10.4. The Morgan fingerprint density at radius 3 is 2.49 bits per heavy atom. The Kier molecular flexibility index (Phi) is 6.67. The van der Waals surface area contributed by atoms with E-state index in [-0.39, 0.29) is 10.6 Å². The highest BCUT2D eigenvalue weighted by molar-refractivity contribution is 5.85. The summed E-state index contributed by atoms with van der Waals surface area (Å²) in [5.41, 5.74) is 6.77. The number of allylic oxidation sites excluding steroid dienone is 2. The van der Waals surface area contributed by atoms with Crippen LogP contribution in [0.4, 0.5) is 5.69 Å². The van der Waals surface area contributed by atoms with Gasteiger partial charge >= 0.3 is 0 Å². The molecule has 1 aliphatic carbocycles. The number of nitrogens with zero attached hydrogens (tertiary/aromatic N) is 6. The van der Waals surface area contributed by atoms with Gasteiger partial charge in [0, 0.05) is 30.9 Å². The van der Waals surface area contributed by atoms with E-state index in [4.69, 9.17) is 4.74 Å². The van der Waals surface area contributed by atoms with Crippen molar-refractivity contribution in [3.63, 3.8) is 0 Å². The van der Waals surface area contributed by atoms with Gasteiger partial charge in [-0.05, 0) is 59.9 Å². The van der Waals surface area contributed by atoms with Gasteiger partial charge in [-0.1, -0.05) is 12.1 Å². The Balaban J connectivity index is 1.39. The molecule has 9 nitrogen and oxygen atoms in total. The first-order valence-corrected chi connectivity index (χ1v) is 11.5. The summed E-state index contributed by atoms with van der Waals surface area (Å²) in [6.07, 6.45) is 8.91. The lowest BCUT2D eigenvalue weighted by atomic mass is 10.1. The molecule has 2 aliphatic rings. The third-order valence-electron chi connectivity index (χ3n) is 5.98. The number of nitro groups is 1. The maximum absolute atomic E-state index is 11.0. The molecule has 1 aliphatic heterocycles. The van der Waals surface area contributed by atoms with E-state index in [1.807, 2.05) is 30.5 Å². The van der Waals surface area contributed by atoms with Gasteiger partial charge in [-0.2, -0.15) is 10.2 Å². The highest BCUT2D eigenvalue weighted by Gasteiger charge is 2.25. The number of fused-ring (bicyclic) bond motifs is 1. The molecule has 0 bridgehead atoms. The van der Waals surface area contributed by atoms with Gasteiger partial charge in [-0.25, -0.2) is 4.98 Å². The van der Waals surface area contributed by atoms with Crippen LogP contribution < -0.4 is 0 Å². The van der Waals surface area contributed by atoms with Gasteiger partial charge in [-0.3, -0.25) is 15.1 Å². The fourth-order valence-corrected chi connectivity index (χ4v) is 4.29. The third-order valence-corrected chi connectivity index (χ3v) is 5.98. The summed E-state index contributed by atoms with van der Waals surface area (Å²) in [4.78, 5) is 21.8. The summed E-state index contributed by atoms with van der Waals surface area (Å²) in [5, 5.41) is 19.5. The van der Waals surface area contributed by atoms with Gasteiger partial charge in [0.1, 0.15) is 5.69 Å².